The first kappa shape index (κ1) is 80.7. The van der Waals surface area contributed by atoms with Crippen LogP contribution in [0.2, 0.25) is 0 Å². The third kappa shape index (κ3) is 32.3. The number of hydrogen-bond acceptors (Lipinski definition) is 30. The number of hydrogen-bond donors (Lipinski definition) is 8. The molecule has 0 spiro atoms. The van der Waals surface area contributed by atoms with E-state index in [1.165, 1.54) is 28.4 Å². The first-order valence-corrected chi connectivity index (χ1v) is 47.0. The Kier molecular flexibility index (Phi) is 38.0. The van der Waals surface area contributed by atoms with E-state index in [2.05, 4.69) is 115 Å². The summed E-state index contributed by atoms with van der Waals surface area (Å²) in [6.07, 6.45) is -2.34. The molecule has 42 heteroatoms. The van der Waals surface area contributed by atoms with Gasteiger partial charge >= 0.3 is 31.0 Å². The van der Waals surface area contributed by atoms with Gasteiger partial charge in [-0.3, -0.25) is 36.2 Å². The zero-order chi connectivity index (χ0) is 97.0. The van der Waals surface area contributed by atoms with Crippen LogP contribution >= 0.6 is 48.0 Å². The van der Waals surface area contributed by atoms with Crippen molar-refractivity contribution in [3.8, 4) is 0 Å². The molecule has 2 unspecified atom stereocenters. The summed E-state index contributed by atoms with van der Waals surface area (Å²) >= 11 is 0. The van der Waals surface area contributed by atoms with Crippen molar-refractivity contribution in [1.29, 1.82) is 5.72 Å². The quantitative estimate of drug-likeness (QED) is 0.0205. The van der Waals surface area contributed by atoms with Gasteiger partial charge in [0.05, 0.1) is 111 Å². The van der Waals surface area contributed by atoms with Crippen LogP contribution in [0.25, 0.3) is 9.69 Å². The first-order chi connectivity index (χ1) is 61.6. The lowest BCUT2D eigenvalue weighted by Gasteiger charge is -2.39. The summed E-state index contributed by atoms with van der Waals surface area (Å²) < 4.78 is 286. The smallest absolute Gasteiger partial charge is 0.400 e. The van der Waals surface area contributed by atoms with Crippen molar-refractivity contribution < 1.29 is 147 Å². The Morgan fingerprint density at radius 2 is 0.658 bits per heavy atom. The molecule has 0 aromatic carbocycles. The van der Waals surface area contributed by atoms with E-state index < -0.39 is 186 Å². The number of nitrogens with one attached hydrogen (secondary N) is 4. The number of rotatable bonds is 28. The minimum Gasteiger partial charge on any atom is -0.400 e. The van der Waals surface area contributed by atoms with Gasteiger partial charge in [-0.1, -0.05) is 13.8 Å². The van der Waals surface area contributed by atoms with E-state index in [1.807, 2.05) is 13.8 Å². The second-order valence-electron chi connectivity index (χ2n) is 28.6. The Hall–Kier alpha value is -0.440. The summed E-state index contributed by atoms with van der Waals surface area (Å²) in [5.74, 6) is 0.407. The van der Waals surface area contributed by atoms with Gasteiger partial charge in [0.1, 0.15) is 25.4 Å². The van der Waals surface area contributed by atoms with Crippen molar-refractivity contribution in [1.82, 2.24) is 29.7 Å². The fourth-order valence-corrected chi connectivity index (χ4v) is 24.3. The van der Waals surface area contributed by atoms with Crippen LogP contribution < -0.4 is 20.3 Å². The summed E-state index contributed by atoms with van der Waals surface area (Å²) in [6.45, 7) is 30.2. The Bertz CT molecular complexity index is 3220. The number of aliphatic hydroxyl groups is 4. The molecule has 36 nitrogen and oxygen atoms in total. The molecular formula is C72H142N8O28P6. The third-order valence-corrected chi connectivity index (χ3v) is 30.2. The molecule has 12 aliphatic heterocycles. The van der Waals surface area contributed by atoms with Gasteiger partial charge in [0.15, 0.2) is 0 Å². The van der Waals surface area contributed by atoms with Crippen molar-refractivity contribution in [3.05, 3.63) is 22.8 Å². The summed E-state index contributed by atoms with van der Waals surface area (Å²) in [7, 11) is -12.5. The summed E-state index contributed by atoms with van der Waals surface area (Å²) in [6, 6.07) is -0.777. The van der Waals surface area contributed by atoms with Crippen molar-refractivity contribution in [2.75, 3.05) is 134 Å². The van der Waals surface area contributed by atoms with Crippen LogP contribution in [0.4, 0.5) is 0 Å². The number of aliphatic hydroxyl groups excluding tert-OH is 4. The second kappa shape index (κ2) is 53.7. The van der Waals surface area contributed by atoms with Crippen molar-refractivity contribution in [2.45, 2.75) is 308 Å². The monoisotopic (exact) mass is 1780 g/mol. The Balaban J connectivity index is 0.000000299. The van der Waals surface area contributed by atoms with Crippen molar-refractivity contribution in [2.24, 2.45) is 11.8 Å². The predicted molar refractivity (Wildman–Crippen MR) is 431 cm³/mol. The van der Waals surface area contributed by atoms with Gasteiger partial charge in [-0.05, 0) is 133 Å². The zero-order valence-corrected chi connectivity index (χ0v) is 73.7. The van der Waals surface area contributed by atoms with Crippen LogP contribution in [-0.4, -0.2) is 303 Å². The molecule has 12 fully saturated rings. The molecule has 12 saturated heterocycles. The lowest BCUT2D eigenvalue weighted by molar-refractivity contribution is 0.00295. The zero-order valence-electron chi connectivity index (χ0n) is 84.3. The normalized spacial score (nSPS) is 45.6. The van der Waals surface area contributed by atoms with Gasteiger partial charge in [0.2, 0.25) is 18.8 Å². The van der Waals surface area contributed by atoms with Crippen LogP contribution in [0.5, 0.6) is 0 Å². The maximum atomic E-state index is 13.5. The molecule has 0 aromatic heterocycles. The Labute approximate surface area is 704 Å². The summed E-state index contributed by atoms with van der Waals surface area (Å²) in [4.78, 5) is 6.74. The highest BCUT2D eigenvalue weighted by molar-refractivity contribution is 7.52. The highest BCUT2D eigenvalue weighted by Crippen LogP contribution is 2.57. The summed E-state index contributed by atoms with van der Waals surface area (Å²) in [5, 5.41) is 25.8. The van der Waals surface area contributed by atoms with E-state index in [-0.39, 0.29) is 166 Å². The van der Waals surface area contributed by atoms with Gasteiger partial charge in [0.25, 0.3) is 17.1 Å². The molecule has 0 bridgehead atoms. The largest absolute Gasteiger partial charge is 0.406 e. The lowest BCUT2D eigenvalue weighted by atomic mass is 9.96. The lowest BCUT2D eigenvalue weighted by Crippen LogP contribution is -2.48. The maximum absolute atomic E-state index is 13.5. The van der Waals surface area contributed by atoms with Crippen LogP contribution in [0.15, 0.2) is 0 Å². The SMILES string of the molecule is [2H]C[C@H]1O[C@H]([3H])C[C@@H]1O[P@@]1(=O)N[C@@H]([C@H]2O[C@H]([3H])C[C@@H]2C)CCO1.[2H]C[C@H]1O[C@H]([3H])C[C@@H]1O[P@@]1(=O)N[C@@H]([C@H]2O[C@H]([3H])C[C@@H]2OP(OCC[N+]#[C-])N(C(C)C)C(C)C)CCO1.[2H]C[C@H]1O[C@H]([3H])C[C@@H]1O[P@]1(=O)N[C@@H]([C@H]2O[C@H]([3H])C[C@@H]2C)CCO1.[2H]C[C@H]1O[C@H]([3H])C[C@@H]1O[P@]1(=O)N[C@@H]([C@H]2O[C@H]([3H])C[C@@H]2OP(OCC[N+]#[C-])N(C(C)C)C(C)C)CCO1.[3H]OC.[3H]OC.[3H]OC.[3H]OC. The highest BCUT2D eigenvalue weighted by atomic mass is 31.2. The van der Waals surface area contributed by atoms with E-state index in [0.29, 0.717) is 51.4 Å². The molecule has 0 radical (unpaired) electrons. The van der Waals surface area contributed by atoms with Gasteiger partial charge in [-0.2, -0.15) is 0 Å². The van der Waals surface area contributed by atoms with Crippen molar-refractivity contribution in [3.63, 3.8) is 0 Å². The number of ether oxygens (including phenoxy) is 8. The Morgan fingerprint density at radius 3 is 0.895 bits per heavy atom. The average molecular weight is 1780 g/mol. The first-order valence-electron chi connectivity index (χ1n) is 47.7. The van der Waals surface area contributed by atoms with E-state index in [0.717, 1.165) is 0 Å². The molecule has 12 rings (SSSR count). The van der Waals surface area contributed by atoms with Gasteiger partial charge in [0, 0.05) is 173 Å². The maximum Gasteiger partial charge on any atom is 0.406 e. The molecule has 0 amide bonds. The van der Waals surface area contributed by atoms with Crippen LogP contribution in [-0.2, 0) is 110 Å². The summed E-state index contributed by atoms with van der Waals surface area (Å²) in [5.41, 5.74) is 0. The molecule has 8 N–H and O–H groups in total. The fourth-order valence-electron chi connectivity index (χ4n) is 13.7. The highest BCUT2D eigenvalue weighted by Gasteiger charge is 2.51. The fraction of sp³-hybridized carbons (Fsp3) is 0.972. The molecular weight excluding hydrogens is 1610 g/mol. The van der Waals surface area contributed by atoms with Crippen LogP contribution in [0, 0.1) is 25.0 Å². The van der Waals surface area contributed by atoms with Crippen molar-refractivity contribution >= 4 is 48.0 Å². The molecule has 668 valence electrons. The molecule has 114 heavy (non-hydrogen) atoms. The van der Waals surface area contributed by atoms with E-state index in [4.69, 9.17) is 127 Å². The van der Waals surface area contributed by atoms with E-state index in [9.17, 15) is 18.3 Å². The van der Waals surface area contributed by atoms with Gasteiger partial charge in [-0.25, -0.2) is 61.1 Å². The minimum atomic E-state index is -3.76. The van der Waals surface area contributed by atoms with E-state index in [1.54, 1.807) is 0 Å². The average Bonchev–Trinajstić information content (AvgIpc) is 1.63. The minimum absolute atomic E-state index is 0.0488. The molecule has 34 atom stereocenters. The molecule has 12 aliphatic rings. The van der Waals surface area contributed by atoms with Crippen LogP contribution in [0.3, 0.4) is 0 Å². The number of nitrogens with zero attached hydrogens (tertiary/aromatic N) is 4. The third-order valence-electron chi connectivity index (χ3n) is 19.0. The second-order valence-corrected chi connectivity index (χ2v) is 38.3. The predicted octanol–water partition coefficient (Wildman–Crippen LogP) is 10.9. The van der Waals surface area contributed by atoms with E-state index >= 15 is 0 Å². The van der Waals surface area contributed by atoms with Crippen LogP contribution in [0.1, 0.15) is 190 Å². The molecule has 0 aliphatic carbocycles. The van der Waals surface area contributed by atoms with Gasteiger partial charge < -0.3 is 86.1 Å². The molecule has 12 heterocycles. The Morgan fingerprint density at radius 1 is 0.421 bits per heavy atom. The topological polar surface area (TPSA) is 397 Å². The van der Waals surface area contributed by atoms with Gasteiger partial charge in [-0.15, -0.1) is 0 Å². The molecule has 0 saturated carbocycles. The standard InChI is InChI=1S/2C21H39N3O7P2.2C13H24NO5P.4CH4O/c2*1-15(2)24(16(3)4)32(28-14-10-22-6)30-20-9-12-27-21(20)18-7-13-29-33(25,23-18)31-19-8-11-26-17(19)5;2*1-9-3-6-17-13(9)11-4-8-18-20(15,14-11)19-12-5-7-16-10(12)2;4*1-2/h2*15-21H,7-14H2,1-5H3,(H,23,25);2*9-13H,3-8H2,1-2H3,(H,14,15);4*2H,1H3/t17-,18-,19+,20+,21-,32?,33+;17-,18-,19+,20+,21-,32?,33-;9-,10+,11+,12-,13-,20+;9-,10+,11+,12-,13-,20-;;;;/m1100..../s1/i2*5D,11T,12T;2*2D,6T,7T;4*2T/t11-,12-,17-,18-,19+,20+,21-,32?,33+;11-,12-,17-,18-,19+,20+,21-,32?,33-;6-,7-,9+,10-,11-,12+,13+,20-;6-,7-,9+,10-,11-,12+,13+,20+;;;;/m1111..... The molecule has 0 aromatic rings.